The zero-order chi connectivity index (χ0) is 12.8. The van der Waals surface area contributed by atoms with Gasteiger partial charge in [-0.1, -0.05) is 0 Å². The van der Waals surface area contributed by atoms with Gasteiger partial charge < -0.3 is 10.2 Å². The molecule has 0 aliphatic carbocycles. The molecule has 5 heteroatoms. The van der Waals surface area contributed by atoms with E-state index in [0.29, 0.717) is 16.6 Å². The predicted molar refractivity (Wildman–Crippen MR) is 69.6 cm³/mol. The number of halogens is 2. The topological polar surface area (TPSA) is 32.3 Å². The van der Waals surface area contributed by atoms with Gasteiger partial charge in [-0.2, -0.15) is 0 Å². The summed E-state index contributed by atoms with van der Waals surface area (Å²) >= 11 is 3.17. The summed E-state index contributed by atoms with van der Waals surface area (Å²) in [5.74, 6) is -0.545. The molecule has 1 N–H and O–H groups in total. The van der Waals surface area contributed by atoms with Crippen LogP contribution in [0.2, 0.25) is 0 Å². The third-order valence-electron chi connectivity index (χ3n) is 2.24. The first-order valence-corrected chi connectivity index (χ1v) is 6.18. The lowest BCUT2D eigenvalue weighted by molar-refractivity contribution is 0.0951. The first-order chi connectivity index (χ1) is 8.00. The van der Waals surface area contributed by atoms with Crippen LogP contribution in [0.5, 0.6) is 0 Å². The highest BCUT2D eigenvalue weighted by molar-refractivity contribution is 9.10. The van der Waals surface area contributed by atoms with Gasteiger partial charge in [0.1, 0.15) is 5.82 Å². The number of hydrogen-bond acceptors (Lipinski definition) is 2. The molecular formula is C12H16BrFN2O. The van der Waals surface area contributed by atoms with Crippen molar-refractivity contribution in [3.8, 4) is 0 Å². The first kappa shape index (κ1) is 14.1. The molecule has 1 amide bonds. The molecule has 1 aromatic carbocycles. The van der Waals surface area contributed by atoms with Crippen LogP contribution in [0, 0.1) is 5.82 Å². The number of carbonyl (C=O) groups is 1. The highest BCUT2D eigenvalue weighted by Gasteiger charge is 2.09. The van der Waals surface area contributed by atoms with Crippen LogP contribution >= 0.6 is 15.9 Å². The summed E-state index contributed by atoms with van der Waals surface area (Å²) in [5.41, 5.74) is 0.455. The number of amides is 1. The molecule has 1 aromatic rings. The van der Waals surface area contributed by atoms with Crippen LogP contribution in [-0.2, 0) is 0 Å². The first-order valence-electron chi connectivity index (χ1n) is 5.38. The highest BCUT2D eigenvalue weighted by atomic mass is 79.9. The summed E-state index contributed by atoms with van der Waals surface area (Å²) in [5, 5.41) is 2.80. The Hall–Kier alpha value is -0.940. The normalized spacial score (nSPS) is 10.6. The zero-order valence-corrected chi connectivity index (χ0v) is 11.6. The van der Waals surface area contributed by atoms with Crippen LogP contribution in [0.15, 0.2) is 22.7 Å². The van der Waals surface area contributed by atoms with Gasteiger partial charge in [-0.3, -0.25) is 4.79 Å². The van der Waals surface area contributed by atoms with Crippen LogP contribution in [0.3, 0.4) is 0 Å². The SMILES string of the molecule is CN(C)CCCNC(=O)c1ccc(F)cc1Br. The van der Waals surface area contributed by atoms with E-state index in [9.17, 15) is 9.18 Å². The molecule has 17 heavy (non-hydrogen) atoms. The molecule has 0 unspecified atom stereocenters. The van der Waals surface area contributed by atoms with Crippen molar-refractivity contribution in [2.24, 2.45) is 0 Å². The van der Waals surface area contributed by atoms with E-state index in [0.717, 1.165) is 13.0 Å². The van der Waals surface area contributed by atoms with Crippen LogP contribution in [-0.4, -0.2) is 38.0 Å². The minimum Gasteiger partial charge on any atom is -0.352 e. The Morgan fingerprint density at radius 3 is 2.76 bits per heavy atom. The molecule has 1 rings (SSSR count). The van der Waals surface area contributed by atoms with Crippen molar-refractivity contribution < 1.29 is 9.18 Å². The van der Waals surface area contributed by atoms with Crippen molar-refractivity contribution in [1.29, 1.82) is 0 Å². The number of nitrogens with one attached hydrogen (secondary N) is 1. The smallest absolute Gasteiger partial charge is 0.252 e. The highest BCUT2D eigenvalue weighted by Crippen LogP contribution is 2.17. The van der Waals surface area contributed by atoms with Gasteiger partial charge in [0.15, 0.2) is 0 Å². The molecule has 0 bridgehead atoms. The van der Waals surface area contributed by atoms with Crippen LogP contribution in [0.25, 0.3) is 0 Å². The molecule has 0 saturated heterocycles. The third-order valence-corrected chi connectivity index (χ3v) is 2.90. The molecule has 94 valence electrons. The molecule has 0 spiro atoms. The molecule has 0 aromatic heterocycles. The van der Waals surface area contributed by atoms with Crippen molar-refractivity contribution in [3.63, 3.8) is 0 Å². The van der Waals surface area contributed by atoms with Gasteiger partial charge in [0, 0.05) is 11.0 Å². The Balaban J connectivity index is 2.47. The summed E-state index contributed by atoms with van der Waals surface area (Å²) in [6.07, 6.45) is 0.886. The molecule has 3 nitrogen and oxygen atoms in total. The Bertz CT molecular complexity index is 396. The van der Waals surface area contributed by atoms with Crippen molar-refractivity contribution in [2.45, 2.75) is 6.42 Å². The molecule has 0 saturated carbocycles. The zero-order valence-electron chi connectivity index (χ0n) is 9.96. The van der Waals surface area contributed by atoms with E-state index in [1.165, 1.54) is 18.2 Å². The van der Waals surface area contributed by atoms with Crippen molar-refractivity contribution in [2.75, 3.05) is 27.2 Å². The van der Waals surface area contributed by atoms with Gasteiger partial charge >= 0.3 is 0 Å². The lowest BCUT2D eigenvalue weighted by Crippen LogP contribution is -2.27. The molecule has 0 aliphatic heterocycles. The molecular weight excluding hydrogens is 287 g/mol. The predicted octanol–water partition coefficient (Wildman–Crippen LogP) is 2.27. The van der Waals surface area contributed by atoms with Gasteiger partial charge in [-0.25, -0.2) is 4.39 Å². The average molecular weight is 303 g/mol. The minimum absolute atomic E-state index is 0.185. The Kier molecular flexibility index (Phi) is 5.58. The number of nitrogens with zero attached hydrogens (tertiary/aromatic N) is 1. The largest absolute Gasteiger partial charge is 0.352 e. The standard InChI is InChI=1S/C12H16BrFN2O/c1-16(2)7-3-6-15-12(17)10-5-4-9(14)8-11(10)13/h4-5,8H,3,6-7H2,1-2H3,(H,15,17). The number of carbonyl (C=O) groups excluding carboxylic acids is 1. The summed E-state index contributed by atoms with van der Waals surface area (Å²) in [6.45, 7) is 1.53. The second kappa shape index (κ2) is 6.71. The molecule has 0 radical (unpaired) electrons. The maximum Gasteiger partial charge on any atom is 0.252 e. The monoisotopic (exact) mass is 302 g/mol. The van der Waals surface area contributed by atoms with Gasteiger partial charge in [-0.15, -0.1) is 0 Å². The second-order valence-corrected chi connectivity index (χ2v) is 4.89. The van der Waals surface area contributed by atoms with E-state index in [2.05, 4.69) is 26.1 Å². The summed E-state index contributed by atoms with van der Waals surface area (Å²) in [6, 6.07) is 4.04. The second-order valence-electron chi connectivity index (χ2n) is 4.04. The third kappa shape index (κ3) is 4.83. The maximum atomic E-state index is 12.8. The van der Waals surface area contributed by atoms with E-state index in [1.807, 2.05) is 14.1 Å². The van der Waals surface area contributed by atoms with E-state index >= 15 is 0 Å². The summed E-state index contributed by atoms with van der Waals surface area (Å²) in [4.78, 5) is 13.8. The van der Waals surface area contributed by atoms with Gasteiger partial charge in [0.2, 0.25) is 0 Å². The summed E-state index contributed by atoms with van der Waals surface area (Å²) < 4.78 is 13.3. The van der Waals surface area contributed by atoms with Crippen LogP contribution < -0.4 is 5.32 Å². The molecule has 0 fully saturated rings. The van der Waals surface area contributed by atoms with E-state index in [-0.39, 0.29) is 11.7 Å². The lowest BCUT2D eigenvalue weighted by atomic mass is 10.2. The van der Waals surface area contributed by atoms with Gasteiger partial charge in [0.25, 0.3) is 5.91 Å². The maximum absolute atomic E-state index is 12.8. The quantitative estimate of drug-likeness (QED) is 0.846. The number of hydrogen-bond donors (Lipinski definition) is 1. The van der Waals surface area contributed by atoms with E-state index < -0.39 is 0 Å². The van der Waals surface area contributed by atoms with Crippen LogP contribution in [0.4, 0.5) is 4.39 Å². The van der Waals surface area contributed by atoms with Crippen molar-refractivity contribution >= 4 is 21.8 Å². The van der Waals surface area contributed by atoms with Crippen molar-refractivity contribution in [1.82, 2.24) is 10.2 Å². The molecule has 0 heterocycles. The van der Waals surface area contributed by atoms with Crippen molar-refractivity contribution in [3.05, 3.63) is 34.1 Å². The fraction of sp³-hybridized carbons (Fsp3) is 0.417. The number of benzene rings is 1. The minimum atomic E-state index is -0.360. The fourth-order valence-corrected chi connectivity index (χ4v) is 1.90. The van der Waals surface area contributed by atoms with Crippen LogP contribution in [0.1, 0.15) is 16.8 Å². The van der Waals surface area contributed by atoms with Gasteiger partial charge in [0.05, 0.1) is 5.56 Å². The Morgan fingerprint density at radius 2 is 2.18 bits per heavy atom. The molecule has 0 aliphatic rings. The number of rotatable bonds is 5. The van der Waals surface area contributed by atoms with E-state index in [4.69, 9.17) is 0 Å². The molecule has 0 atom stereocenters. The average Bonchev–Trinajstić information content (AvgIpc) is 2.23. The fourth-order valence-electron chi connectivity index (χ4n) is 1.37. The van der Waals surface area contributed by atoms with E-state index in [1.54, 1.807) is 0 Å². The Labute approximate surface area is 109 Å². The summed E-state index contributed by atoms with van der Waals surface area (Å²) in [7, 11) is 3.97. The lowest BCUT2D eigenvalue weighted by Gasteiger charge is -2.10. The Morgan fingerprint density at radius 1 is 1.47 bits per heavy atom. The van der Waals surface area contributed by atoms with Gasteiger partial charge in [-0.05, 0) is 61.2 Å².